The van der Waals surface area contributed by atoms with E-state index in [4.69, 9.17) is 9.47 Å². The summed E-state index contributed by atoms with van der Waals surface area (Å²) < 4.78 is 53.1. The first-order chi connectivity index (χ1) is 14.7. The molecule has 170 valence electrons. The molecule has 1 atom stereocenters. The Morgan fingerprint density at radius 1 is 1.32 bits per heavy atom. The highest BCUT2D eigenvalue weighted by molar-refractivity contribution is 7.22. The van der Waals surface area contributed by atoms with E-state index in [1.54, 1.807) is 0 Å². The topological polar surface area (TPSA) is 76.6 Å². The van der Waals surface area contributed by atoms with Crippen LogP contribution in [0.3, 0.4) is 0 Å². The van der Waals surface area contributed by atoms with E-state index in [-0.39, 0.29) is 34.7 Å². The lowest BCUT2D eigenvalue weighted by atomic mass is 9.95. The van der Waals surface area contributed by atoms with Crippen molar-refractivity contribution in [3.05, 3.63) is 12.0 Å². The van der Waals surface area contributed by atoms with Crippen molar-refractivity contribution in [2.75, 3.05) is 24.6 Å². The zero-order valence-electron chi connectivity index (χ0n) is 17.4. The third-order valence-electron chi connectivity index (χ3n) is 5.38. The number of hydrogen-bond donors (Lipinski definition) is 1. The molecule has 1 aliphatic heterocycles. The van der Waals surface area contributed by atoms with Gasteiger partial charge in [-0.15, -0.1) is 0 Å². The number of hydrogen-bond acceptors (Lipinski definition) is 7. The van der Waals surface area contributed by atoms with Gasteiger partial charge in [0, 0.05) is 13.0 Å². The average Bonchev–Trinajstić information content (AvgIpc) is 3.12. The van der Waals surface area contributed by atoms with Crippen LogP contribution in [0.2, 0.25) is 0 Å². The third-order valence-corrected chi connectivity index (χ3v) is 6.50. The van der Waals surface area contributed by atoms with Crippen molar-refractivity contribution in [3.8, 4) is 5.88 Å². The summed E-state index contributed by atoms with van der Waals surface area (Å²) in [5, 5.41) is 3.15. The van der Waals surface area contributed by atoms with Gasteiger partial charge in [-0.25, -0.2) is 18.7 Å². The van der Waals surface area contributed by atoms with Crippen LogP contribution in [-0.2, 0) is 9.53 Å². The smallest absolute Gasteiger partial charge is 0.282 e. The van der Waals surface area contributed by atoms with Crippen LogP contribution in [-0.4, -0.2) is 59.7 Å². The number of anilines is 1. The second-order valence-corrected chi connectivity index (χ2v) is 9.23. The van der Waals surface area contributed by atoms with Crippen LogP contribution < -0.4 is 15.0 Å². The molecule has 2 fully saturated rings. The summed E-state index contributed by atoms with van der Waals surface area (Å²) >= 11 is 1.04. The van der Waals surface area contributed by atoms with Crippen LogP contribution in [0.25, 0.3) is 10.2 Å². The molecule has 0 bridgehead atoms. The fraction of sp³-hybridized carbons (Fsp3) is 0.650. The molecule has 31 heavy (non-hydrogen) atoms. The Kier molecular flexibility index (Phi) is 6.25. The zero-order chi connectivity index (χ0) is 22.2. The van der Waals surface area contributed by atoms with Crippen LogP contribution >= 0.6 is 11.3 Å². The van der Waals surface area contributed by atoms with E-state index in [2.05, 4.69) is 15.3 Å². The molecular formula is C20H25F3N4O3S. The first kappa shape index (κ1) is 22.1. The lowest BCUT2D eigenvalue weighted by molar-refractivity contribution is -0.120. The summed E-state index contributed by atoms with van der Waals surface area (Å²) in [5.74, 6) is -3.49. The summed E-state index contributed by atoms with van der Waals surface area (Å²) in [7, 11) is 0. The average molecular weight is 459 g/mol. The predicted octanol–water partition coefficient (Wildman–Crippen LogP) is 3.52. The summed E-state index contributed by atoms with van der Waals surface area (Å²) in [4.78, 5) is 20.8. The maximum absolute atomic E-state index is 14.9. The minimum absolute atomic E-state index is 0.0525. The maximum atomic E-state index is 14.9. The van der Waals surface area contributed by atoms with Gasteiger partial charge in [0.05, 0.1) is 36.7 Å². The highest BCUT2D eigenvalue weighted by atomic mass is 32.1. The number of ether oxygens (including phenoxy) is 2. The number of nitrogens with one attached hydrogen (secondary N) is 1. The van der Waals surface area contributed by atoms with Crippen LogP contribution in [0.15, 0.2) is 6.20 Å². The Balaban J connectivity index is 1.31. The number of alkyl halides is 2. The van der Waals surface area contributed by atoms with Gasteiger partial charge in [0.25, 0.3) is 11.8 Å². The van der Waals surface area contributed by atoms with Gasteiger partial charge < -0.3 is 19.7 Å². The second kappa shape index (κ2) is 8.78. The second-order valence-electron chi connectivity index (χ2n) is 8.25. The molecule has 11 heteroatoms. The minimum atomic E-state index is -2.71. The Morgan fingerprint density at radius 2 is 2.00 bits per heavy atom. The van der Waals surface area contributed by atoms with Crippen LogP contribution in [0.4, 0.5) is 18.3 Å². The van der Waals surface area contributed by atoms with Gasteiger partial charge >= 0.3 is 0 Å². The number of amides is 1. The molecule has 0 aromatic carbocycles. The van der Waals surface area contributed by atoms with Crippen LogP contribution in [0, 0.1) is 5.82 Å². The zero-order valence-corrected chi connectivity index (χ0v) is 18.2. The van der Waals surface area contributed by atoms with E-state index in [0.717, 1.165) is 24.2 Å². The van der Waals surface area contributed by atoms with Gasteiger partial charge in [-0.05, 0) is 32.6 Å². The normalized spacial score (nSPS) is 24.0. The Hall–Kier alpha value is -2.14. The number of carbonyl (C=O) groups excluding carboxylic acids is 1. The highest BCUT2D eigenvalue weighted by Crippen LogP contribution is 2.39. The van der Waals surface area contributed by atoms with Gasteiger partial charge in [-0.2, -0.15) is 4.39 Å². The van der Waals surface area contributed by atoms with Crippen LogP contribution in [0.1, 0.15) is 39.5 Å². The predicted molar refractivity (Wildman–Crippen MR) is 110 cm³/mol. The molecule has 0 unspecified atom stereocenters. The minimum Gasteiger partial charge on any atom is -0.472 e. The van der Waals surface area contributed by atoms with Crippen molar-refractivity contribution in [2.24, 2.45) is 0 Å². The Morgan fingerprint density at radius 3 is 2.65 bits per heavy atom. The van der Waals surface area contributed by atoms with E-state index < -0.39 is 24.8 Å². The number of carbonyl (C=O) groups is 1. The molecule has 3 heterocycles. The van der Waals surface area contributed by atoms with Crippen LogP contribution in [0.5, 0.6) is 5.88 Å². The summed E-state index contributed by atoms with van der Waals surface area (Å²) in [5.41, 5.74) is 0.338. The van der Waals surface area contributed by atoms with E-state index in [1.807, 2.05) is 6.92 Å². The molecule has 2 aromatic heterocycles. The molecular weight excluding hydrogens is 433 g/mol. The monoisotopic (exact) mass is 458 g/mol. The lowest BCUT2D eigenvalue weighted by Gasteiger charge is -2.38. The molecule has 0 radical (unpaired) electrons. The Bertz CT molecular complexity index is 941. The van der Waals surface area contributed by atoms with Crippen molar-refractivity contribution < 1.29 is 27.4 Å². The standard InChI is InChI=1S/C20H25F3N4O3S/c1-11(25-12(2)28)8-29-13-3-5-14(6-4-13)30-18-16(21)17-15(7-24-18)26-19(31-17)27-9-20(22,23)10-27/h7,11,13-14H,3-6,8-10H2,1-2H3,(H,25,28)/t11-,13?,14?/m0/s1. The fourth-order valence-electron chi connectivity index (χ4n) is 3.85. The summed E-state index contributed by atoms with van der Waals surface area (Å²) in [6, 6.07) is -0.0525. The first-order valence-electron chi connectivity index (χ1n) is 10.3. The van der Waals surface area contributed by atoms with Crippen molar-refractivity contribution in [1.29, 1.82) is 0 Å². The highest BCUT2D eigenvalue weighted by Gasteiger charge is 2.45. The van der Waals surface area contributed by atoms with Gasteiger partial charge in [0.15, 0.2) is 5.13 Å². The number of rotatable bonds is 7. The van der Waals surface area contributed by atoms with Crippen molar-refractivity contribution in [2.45, 2.75) is 63.7 Å². The first-order valence-corrected chi connectivity index (χ1v) is 11.1. The van der Waals surface area contributed by atoms with Crippen molar-refractivity contribution >= 4 is 32.6 Å². The number of halogens is 3. The van der Waals surface area contributed by atoms with E-state index in [0.29, 0.717) is 30.1 Å². The number of aromatic nitrogens is 2. The molecule has 1 aliphatic carbocycles. The summed E-state index contributed by atoms with van der Waals surface area (Å²) in [6.07, 6.45) is 4.28. The number of nitrogens with zero attached hydrogens (tertiary/aromatic N) is 3. The number of fused-ring (bicyclic) bond motifs is 1. The fourth-order valence-corrected chi connectivity index (χ4v) is 4.81. The molecule has 4 rings (SSSR count). The van der Waals surface area contributed by atoms with Gasteiger partial charge in [-0.1, -0.05) is 11.3 Å². The summed E-state index contributed by atoms with van der Waals surface area (Å²) in [6.45, 7) is 3.00. The molecule has 1 saturated heterocycles. The van der Waals surface area contributed by atoms with E-state index >= 15 is 0 Å². The molecule has 1 N–H and O–H groups in total. The third kappa shape index (κ3) is 5.20. The molecule has 0 spiro atoms. The Labute approximate surface area is 181 Å². The quantitative estimate of drug-likeness (QED) is 0.684. The molecule has 1 saturated carbocycles. The maximum Gasteiger partial charge on any atom is 0.282 e. The van der Waals surface area contributed by atoms with E-state index in [9.17, 15) is 18.0 Å². The molecule has 2 aromatic rings. The SMILES string of the molecule is CC(=O)N[C@@H](C)COC1CCC(Oc2ncc3nc(N4CC(F)(F)C4)sc3c2F)CC1. The molecule has 7 nitrogen and oxygen atoms in total. The number of pyridine rings is 1. The van der Waals surface area contributed by atoms with Crippen molar-refractivity contribution in [1.82, 2.24) is 15.3 Å². The number of thiazole rings is 1. The lowest BCUT2D eigenvalue weighted by Crippen LogP contribution is -2.56. The van der Waals surface area contributed by atoms with Gasteiger partial charge in [0.2, 0.25) is 11.7 Å². The molecule has 2 aliphatic rings. The van der Waals surface area contributed by atoms with Gasteiger partial charge in [-0.3, -0.25) is 4.79 Å². The van der Waals surface area contributed by atoms with Gasteiger partial charge in [0.1, 0.15) is 11.6 Å². The largest absolute Gasteiger partial charge is 0.472 e. The molecule has 1 amide bonds. The van der Waals surface area contributed by atoms with E-state index in [1.165, 1.54) is 18.0 Å². The van der Waals surface area contributed by atoms with Crippen molar-refractivity contribution in [3.63, 3.8) is 0 Å².